The summed E-state index contributed by atoms with van der Waals surface area (Å²) in [5, 5.41) is 7.05. The first kappa shape index (κ1) is 17.3. The Morgan fingerprint density at radius 3 is 2.67 bits per heavy atom. The highest BCUT2D eigenvalue weighted by Crippen LogP contribution is 2.33. The van der Waals surface area contributed by atoms with Crippen LogP contribution in [0.5, 0.6) is 0 Å². The monoisotopic (exact) mass is 328 g/mol. The fourth-order valence-electron chi connectivity index (χ4n) is 3.64. The van der Waals surface area contributed by atoms with Gasteiger partial charge in [0.2, 0.25) is 0 Å². The number of likely N-dealkylation sites (tertiary alicyclic amines) is 1. The molecule has 132 valence electrons. The Labute approximate surface area is 146 Å². The third kappa shape index (κ3) is 4.73. The van der Waals surface area contributed by atoms with E-state index < -0.39 is 0 Å². The number of hydrogen-bond donors (Lipinski definition) is 2. The van der Waals surface area contributed by atoms with E-state index in [0.717, 1.165) is 38.1 Å². The van der Waals surface area contributed by atoms with Gasteiger partial charge in [-0.3, -0.25) is 9.89 Å². The third-order valence-electron chi connectivity index (χ3n) is 5.11. The van der Waals surface area contributed by atoms with Gasteiger partial charge in [-0.2, -0.15) is 0 Å². The number of aliphatic imine (C=N–C) groups is 1. The van der Waals surface area contributed by atoms with Crippen molar-refractivity contribution in [1.82, 2.24) is 15.5 Å². The molecule has 0 bridgehead atoms. The van der Waals surface area contributed by atoms with Crippen molar-refractivity contribution >= 4 is 5.96 Å². The lowest BCUT2D eigenvalue weighted by Crippen LogP contribution is -2.44. The van der Waals surface area contributed by atoms with Crippen LogP contribution >= 0.6 is 0 Å². The zero-order valence-electron chi connectivity index (χ0n) is 15.4. The van der Waals surface area contributed by atoms with E-state index in [1.807, 2.05) is 0 Å². The molecule has 2 fully saturated rings. The first-order valence-electron chi connectivity index (χ1n) is 9.52. The Kier molecular flexibility index (Phi) is 5.77. The second kappa shape index (κ2) is 8.02. The van der Waals surface area contributed by atoms with Crippen molar-refractivity contribution in [2.45, 2.75) is 64.6 Å². The van der Waals surface area contributed by atoms with Crippen LogP contribution in [0.4, 0.5) is 0 Å². The van der Waals surface area contributed by atoms with Gasteiger partial charge in [0.05, 0.1) is 0 Å². The summed E-state index contributed by atoms with van der Waals surface area (Å²) in [5.41, 5.74) is 2.67. The van der Waals surface area contributed by atoms with Crippen molar-refractivity contribution in [3.8, 4) is 0 Å². The van der Waals surface area contributed by atoms with E-state index >= 15 is 0 Å². The van der Waals surface area contributed by atoms with Crippen molar-refractivity contribution in [1.29, 1.82) is 0 Å². The number of hydrogen-bond acceptors (Lipinski definition) is 2. The summed E-state index contributed by atoms with van der Waals surface area (Å²) in [6.07, 6.45) is 4.99. The normalized spacial score (nSPS) is 25.0. The Morgan fingerprint density at radius 2 is 2.00 bits per heavy atom. The molecular formula is C20H32N4. The molecule has 0 spiro atoms. The SMILES string of the molecule is CCNC(=NCCc1ccc(C)cc1)NC1CC(C)N(C2CC2)C1. The van der Waals surface area contributed by atoms with Gasteiger partial charge in [-0.15, -0.1) is 0 Å². The van der Waals surface area contributed by atoms with Crippen LogP contribution in [0.1, 0.15) is 44.2 Å². The molecule has 2 unspecified atom stereocenters. The summed E-state index contributed by atoms with van der Waals surface area (Å²) in [7, 11) is 0. The van der Waals surface area contributed by atoms with Crippen molar-refractivity contribution in [2.24, 2.45) is 4.99 Å². The van der Waals surface area contributed by atoms with Gasteiger partial charge in [0.25, 0.3) is 0 Å². The van der Waals surface area contributed by atoms with Crippen LogP contribution in [-0.4, -0.2) is 48.6 Å². The van der Waals surface area contributed by atoms with Crippen LogP contribution in [-0.2, 0) is 6.42 Å². The van der Waals surface area contributed by atoms with Crippen molar-refractivity contribution in [3.63, 3.8) is 0 Å². The van der Waals surface area contributed by atoms with E-state index in [2.05, 4.69) is 60.6 Å². The van der Waals surface area contributed by atoms with Crippen LogP contribution in [0.3, 0.4) is 0 Å². The highest BCUT2D eigenvalue weighted by Gasteiger charge is 2.38. The molecule has 1 aromatic carbocycles. The van der Waals surface area contributed by atoms with Gasteiger partial charge < -0.3 is 10.6 Å². The first-order chi connectivity index (χ1) is 11.7. The third-order valence-corrected chi connectivity index (χ3v) is 5.11. The molecule has 1 saturated carbocycles. The summed E-state index contributed by atoms with van der Waals surface area (Å²) in [6.45, 7) is 9.52. The van der Waals surface area contributed by atoms with Crippen molar-refractivity contribution in [2.75, 3.05) is 19.6 Å². The summed E-state index contributed by atoms with van der Waals surface area (Å²) < 4.78 is 0. The van der Waals surface area contributed by atoms with Crippen LogP contribution in [0.2, 0.25) is 0 Å². The van der Waals surface area contributed by atoms with Crippen molar-refractivity contribution in [3.05, 3.63) is 35.4 Å². The number of benzene rings is 1. The molecule has 2 aliphatic rings. The number of rotatable bonds is 6. The molecule has 1 saturated heterocycles. The minimum Gasteiger partial charge on any atom is -0.357 e. The molecule has 0 aromatic heterocycles. The highest BCUT2D eigenvalue weighted by atomic mass is 15.3. The lowest BCUT2D eigenvalue weighted by atomic mass is 10.1. The number of nitrogens with one attached hydrogen (secondary N) is 2. The summed E-state index contributed by atoms with van der Waals surface area (Å²) in [4.78, 5) is 7.46. The fraction of sp³-hybridized carbons (Fsp3) is 0.650. The molecule has 2 N–H and O–H groups in total. The molecule has 1 heterocycles. The maximum atomic E-state index is 4.78. The van der Waals surface area contributed by atoms with Gasteiger partial charge in [-0.1, -0.05) is 29.8 Å². The second-order valence-corrected chi connectivity index (χ2v) is 7.35. The Morgan fingerprint density at radius 1 is 1.25 bits per heavy atom. The predicted octanol–water partition coefficient (Wildman–Crippen LogP) is 2.72. The minimum atomic E-state index is 0.526. The summed E-state index contributed by atoms with van der Waals surface area (Å²) in [5.74, 6) is 0.972. The highest BCUT2D eigenvalue weighted by molar-refractivity contribution is 5.80. The molecule has 0 radical (unpaired) electrons. The van der Waals surface area contributed by atoms with Gasteiger partial charge in [0, 0.05) is 37.8 Å². The van der Waals surface area contributed by atoms with Crippen LogP contribution in [0.25, 0.3) is 0 Å². The molecule has 1 aromatic rings. The molecule has 2 atom stereocenters. The van der Waals surface area contributed by atoms with Gasteiger partial charge in [-0.25, -0.2) is 0 Å². The Hall–Kier alpha value is -1.55. The number of nitrogens with zero attached hydrogens (tertiary/aromatic N) is 2. The fourth-order valence-corrected chi connectivity index (χ4v) is 3.64. The molecule has 1 aliphatic carbocycles. The molecular weight excluding hydrogens is 296 g/mol. The van der Waals surface area contributed by atoms with E-state index in [1.165, 1.54) is 30.4 Å². The number of aryl methyl sites for hydroxylation is 1. The zero-order chi connectivity index (χ0) is 16.9. The van der Waals surface area contributed by atoms with Crippen LogP contribution in [0, 0.1) is 6.92 Å². The lowest BCUT2D eigenvalue weighted by molar-refractivity contribution is 0.256. The van der Waals surface area contributed by atoms with E-state index in [1.54, 1.807) is 0 Å². The minimum absolute atomic E-state index is 0.526. The maximum Gasteiger partial charge on any atom is 0.191 e. The van der Waals surface area contributed by atoms with Crippen LogP contribution < -0.4 is 10.6 Å². The van der Waals surface area contributed by atoms with Crippen LogP contribution in [0.15, 0.2) is 29.3 Å². The second-order valence-electron chi connectivity index (χ2n) is 7.35. The zero-order valence-corrected chi connectivity index (χ0v) is 15.4. The molecule has 0 amide bonds. The van der Waals surface area contributed by atoms with Crippen molar-refractivity contribution < 1.29 is 0 Å². The first-order valence-corrected chi connectivity index (χ1v) is 9.52. The number of guanidine groups is 1. The van der Waals surface area contributed by atoms with E-state index in [-0.39, 0.29) is 0 Å². The average Bonchev–Trinajstić information content (AvgIpc) is 3.33. The molecule has 3 rings (SSSR count). The molecule has 4 heteroatoms. The van der Waals surface area contributed by atoms with E-state index in [0.29, 0.717) is 12.1 Å². The Balaban J connectivity index is 1.51. The van der Waals surface area contributed by atoms with E-state index in [4.69, 9.17) is 4.99 Å². The standard InChI is InChI=1S/C20H32N4/c1-4-21-20(22-12-11-17-7-5-15(2)6-8-17)23-18-13-16(3)24(14-18)19-9-10-19/h5-8,16,18-19H,4,9-14H2,1-3H3,(H2,21,22,23). The van der Waals surface area contributed by atoms with Gasteiger partial charge in [0.1, 0.15) is 0 Å². The summed E-state index contributed by atoms with van der Waals surface area (Å²) in [6, 6.07) is 10.8. The van der Waals surface area contributed by atoms with Gasteiger partial charge >= 0.3 is 0 Å². The molecule has 4 nitrogen and oxygen atoms in total. The average molecular weight is 329 g/mol. The largest absolute Gasteiger partial charge is 0.357 e. The van der Waals surface area contributed by atoms with Gasteiger partial charge in [0.15, 0.2) is 5.96 Å². The predicted molar refractivity (Wildman–Crippen MR) is 102 cm³/mol. The Bertz CT molecular complexity index is 547. The quantitative estimate of drug-likeness (QED) is 0.623. The lowest BCUT2D eigenvalue weighted by Gasteiger charge is -2.20. The van der Waals surface area contributed by atoms with Gasteiger partial charge in [-0.05, 0) is 52.0 Å². The molecule has 24 heavy (non-hydrogen) atoms. The maximum absolute atomic E-state index is 4.78. The summed E-state index contributed by atoms with van der Waals surface area (Å²) >= 11 is 0. The molecule has 1 aliphatic heterocycles. The topological polar surface area (TPSA) is 39.7 Å². The smallest absolute Gasteiger partial charge is 0.191 e. The van der Waals surface area contributed by atoms with E-state index in [9.17, 15) is 0 Å².